The van der Waals surface area contributed by atoms with Gasteiger partial charge in [0.1, 0.15) is 5.82 Å². The Labute approximate surface area is 184 Å². The van der Waals surface area contributed by atoms with Gasteiger partial charge in [-0.05, 0) is 61.6 Å². The molecule has 0 atom stereocenters. The molecule has 0 unspecified atom stereocenters. The summed E-state index contributed by atoms with van der Waals surface area (Å²) in [4.78, 5) is 17.1. The fraction of sp³-hybridized carbons (Fsp3) is 0.0952. The van der Waals surface area contributed by atoms with E-state index in [9.17, 15) is 4.79 Å². The fourth-order valence-electron chi connectivity index (χ4n) is 2.37. The second-order valence-corrected chi connectivity index (χ2v) is 8.06. The molecule has 8 heteroatoms. The van der Waals surface area contributed by atoms with Crippen LogP contribution < -0.4 is 16.0 Å². The summed E-state index contributed by atoms with van der Waals surface area (Å²) in [7, 11) is 0. The molecule has 0 bridgehead atoms. The molecule has 1 aromatic heterocycles. The summed E-state index contributed by atoms with van der Waals surface area (Å²) in [6.07, 6.45) is 1.49. The number of aromatic nitrogens is 1. The van der Waals surface area contributed by atoms with E-state index in [1.165, 1.54) is 23.5 Å². The first kappa shape index (κ1) is 21.1. The fourth-order valence-corrected chi connectivity index (χ4v) is 3.47. The van der Waals surface area contributed by atoms with Crippen molar-refractivity contribution in [2.45, 2.75) is 11.8 Å². The monoisotopic (exact) mass is 442 g/mol. The van der Waals surface area contributed by atoms with E-state index in [0.717, 1.165) is 16.3 Å². The first-order valence-corrected chi connectivity index (χ1v) is 10.5. The molecule has 3 rings (SSSR count). The molecule has 0 spiro atoms. The van der Waals surface area contributed by atoms with Crippen molar-refractivity contribution in [2.75, 3.05) is 21.7 Å². The first-order valence-electron chi connectivity index (χ1n) is 8.77. The molecule has 148 valence electrons. The number of aryl methyl sites for hydroxylation is 1. The van der Waals surface area contributed by atoms with Crippen LogP contribution in [-0.4, -0.2) is 21.8 Å². The second kappa shape index (κ2) is 10.2. The summed E-state index contributed by atoms with van der Waals surface area (Å²) in [6, 6.07) is 19.1. The Kier molecular flexibility index (Phi) is 7.46. The molecular formula is C21H19ClN4OS2. The minimum atomic E-state index is -0.139. The Morgan fingerprint density at radius 3 is 2.52 bits per heavy atom. The number of carbonyl (C=O) groups excluding carboxylic acids is 1. The van der Waals surface area contributed by atoms with Crippen LogP contribution in [0.5, 0.6) is 0 Å². The summed E-state index contributed by atoms with van der Waals surface area (Å²) >= 11 is 12.6. The number of hydrogen-bond donors (Lipinski definition) is 3. The van der Waals surface area contributed by atoms with Crippen LogP contribution in [-0.2, 0) is 4.79 Å². The van der Waals surface area contributed by atoms with E-state index in [2.05, 4.69) is 20.9 Å². The minimum absolute atomic E-state index is 0.139. The number of halogens is 1. The average molecular weight is 443 g/mol. The van der Waals surface area contributed by atoms with Crippen molar-refractivity contribution in [1.29, 1.82) is 0 Å². The summed E-state index contributed by atoms with van der Waals surface area (Å²) in [5, 5.41) is 10.1. The number of thioether (sulfide) groups is 1. The van der Waals surface area contributed by atoms with Gasteiger partial charge in [-0.1, -0.05) is 35.4 Å². The van der Waals surface area contributed by atoms with E-state index < -0.39 is 0 Å². The van der Waals surface area contributed by atoms with Gasteiger partial charge < -0.3 is 16.0 Å². The average Bonchev–Trinajstić information content (AvgIpc) is 2.70. The molecule has 0 saturated carbocycles. The van der Waals surface area contributed by atoms with Gasteiger partial charge >= 0.3 is 0 Å². The lowest BCUT2D eigenvalue weighted by atomic mass is 10.2. The predicted octanol–water partition coefficient (Wildman–Crippen LogP) is 5.58. The zero-order valence-corrected chi connectivity index (χ0v) is 18.0. The molecule has 29 heavy (non-hydrogen) atoms. The quantitative estimate of drug-likeness (QED) is 0.342. The van der Waals surface area contributed by atoms with Crippen molar-refractivity contribution in [3.05, 3.63) is 77.4 Å². The smallest absolute Gasteiger partial charge is 0.235 e. The number of pyridine rings is 1. The summed E-state index contributed by atoms with van der Waals surface area (Å²) in [6.45, 7) is 2.04. The molecule has 0 aliphatic heterocycles. The van der Waals surface area contributed by atoms with Crippen LogP contribution in [0.2, 0.25) is 5.02 Å². The maximum atomic E-state index is 12.1. The Bertz CT molecular complexity index is 994. The van der Waals surface area contributed by atoms with E-state index in [1.807, 2.05) is 55.5 Å². The molecule has 0 saturated heterocycles. The van der Waals surface area contributed by atoms with Crippen LogP contribution in [0.15, 0.2) is 71.8 Å². The van der Waals surface area contributed by atoms with Crippen molar-refractivity contribution in [2.24, 2.45) is 0 Å². The van der Waals surface area contributed by atoms with Gasteiger partial charge in [-0.2, -0.15) is 0 Å². The number of benzene rings is 2. The molecule has 3 aromatic rings. The Balaban J connectivity index is 1.50. The second-order valence-electron chi connectivity index (χ2n) is 6.17. The number of nitrogens with zero attached hydrogens (tertiary/aromatic N) is 1. The number of nitrogens with one attached hydrogen (secondary N) is 3. The number of hydrogen-bond acceptors (Lipinski definition) is 4. The molecule has 0 aliphatic rings. The molecule has 2 aromatic carbocycles. The van der Waals surface area contributed by atoms with Gasteiger partial charge in [0.15, 0.2) is 5.11 Å². The summed E-state index contributed by atoms with van der Waals surface area (Å²) in [5.74, 6) is 0.600. The van der Waals surface area contributed by atoms with Gasteiger partial charge in [0, 0.05) is 22.5 Å². The molecule has 0 fully saturated rings. The number of anilines is 3. The van der Waals surface area contributed by atoms with Crippen LogP contribution >= 0.6 is 35.6 Å². The highest BCUT2D eigenvalue weighted by atomic mass is 35.5. The highest BCUT2D eigenvalue weighted by Crippen LogP contribution is 2.22. The SMILES string of the molecule is Cc1ccc(NC(=S)Nc2cccc(SCC(=O)Nc3ccc(Cl)cn3)c2)cc1. The number of rotatable bonds is 6. The van der Waals surface area contributed by atoms with Gasteiger partial charge in [0.2, 0.25) is 5.91 Å². The zero-order chi connectivity index (χ0) is 20.6. The van der Waals surface area contributed by atoms with Crippen LogP contribution in [0.25, 0.3) is 0 Å². The maximum absolute atomic E-state index is 12.1. The zero-order valence-electron chi connectivity index (χ0n) is 15.6. The number of amides is 1. The summed E-state index contributed by atoms with van der Waals surface area (Å²) in [5.41, 5.74) is 2.96. The Morgan fingerprint density at radius 2 is 1.79 bits per heavy atom. The van der Waals surface area contributed by atoms with E-state index in [4.69, 9.17) is 23.8 Å². The van der Waals surface area contributed by atoms with E-state index >= 15 is 0 Å². The minimum Gasteiger partial charge on any atom is -0.332 e. The van der Waals surface area contributed by atoms with Crippen molar-refractivity contribution in [3.8, 4) is 0 Å². The third kappa shape index (κ3) is 7.05. The van der Waals surface area contributed by atoms with Crippen molar-refractivity contribution in [3.63, 3.8) is 0 Å². The van der Waals surface area contributed by atoms with Crippen LogP contribution in [0.4, 0.5) is 17.2 Å². The van der Waals surface area contributed by atoms with Crippen LogP contribution in [0.3, 0.4) is 0 Å². The summed E-state index contributed by atoms with van der Waals surface area (Å²) < 4.78 is 0. The Hall–Kier alpha value is -2.61. The van der Waals surface area contributed by atoms with E-state index in [-0.39, 0.29) is 11.7 Å². The van der Waals surface area contributed by atoms with Crippen LogP contribution in [0.1, 0.15) is 5.56 Å². The lowest BCUT2D eigenvalue weighted by molar-refractivity contribution is -0.113. The highest BCUT2D eigenvalue weighted by Gasteiger charge is 2.06. The first-order chi connectivity index (χ1) is 14.0. The predicted molar refractivity (Wildman–Crippen MR) is 126 cm³/mol. The molecular weight excluding hydrogens is 424 g/mol. The third-order valence-corrected chi connectivity index (χ3v) is 5.19. The molecule has 3 N–H and O–H groups in total. The maximum Gasteiger partial charge on any atom is 0.235 e. The molecule has 0 aliphatic carbocycles. The van der Waals surface area contributed by atoms with Gasteiger partial charge in [0.05, 0.1) is 10.8 Å². The number of carbonyl (C=O) groups is 1. The Morgan fingerprint density at radius 1 is 1.03 bits per heavy atom. The lowest BCUT2D eigenvalue weighted by Gasteiger charge is -2.12. The third-order valence-electron chi connectivity index (χ3n) is 3.77. The largest absolute Gasteiger partial charge is 0.332 e. The normalized spacial score (nSPS) is 10.3. The van der Waals surface area contributed by atoms with Crippen molar-refractivity contribution in [1.82, 2.24) is 4.98 Å². The van der Waals surface area contributed by atoms with Crippen molar-refractivity contribution >= 4 is 63.8 Å². The topological polar surface area (TPSA) is 66.0 Å². The number of thiocarbonyl (C=S) groups is 1. The van der Waals surface area contributed by atoms with E-state index in [0.29, 0.717) is 16.0 Å². The highest BCUT2D eigenvalue weighted by molar-refractivity contribution is 8.00. The molecule has 1 heterocycles. The lowest BCUT2D eigenvalue weighted by Crippen LogP contribution is -2.19. The van der Waals surface area contributed by atoms with Crippen molar-refractivity contribution < 1.29 is 4.79 Å². The van der Waals surface area contributed by atoms with Crippen LogP contribution in [0, 0.1) is 6.92 Å². The van der Waals surface area contributed by atoms with Gasteiger partial charge in [-0.3, -0.25) is 4.79 Å². The standard InChI is InChI=1S/C21H19ClN4OS2/c1-14-5-8-16(9-6-14)24-21(28)25-17-3-2-4-18(11-17)29-13-20(27)26-19-10-7-15(22)12-23-19/h2-12H,13H2,1H3,(H,23,26,27)(H2,24,25,28). The molecule has 5 nitrogen and oxygen atoms in total. The van der Waals surface area contributed by atoms with E-state index in [1.54, 1.807) is 12.1 Å². The van der Waals surface area contributed by atoms with Gasteiger partial charge in [-0.15, -0.1) is 11.8 Å². The van der Waals surface area contributed by atoms with Gasteiger partial charge in [-0.25, -0.2) is 4.98 Å². The molecule has 0 radical (unpaired) electrons. The van der Waals surface area contributed by atoms with Gasteiger partial charge in [0.25, 0.3) is 0 Å². The molecule has 1 amide bonds.